The lowest BCUT2D eigenvalue weighted by Gasteiger charge is -2.00. The van der Waals surface area contributed by atoms with Gasteiger partial charge < -0.3 is 4.57 Å². The highest BCUT2D eigenvalue weighted by Gasteiger charge is 2.12. The zero-order valence-electron chi connectivity index (χ0n) is 11.5. The van der Waals surface area contributed by atoms with Gasteiger partial charge in [-0.25, -0.2) is 9.97 Å². The van der Waals surface area contributed by atoms with Gasteiger partial charge in [-0.2, -0.15) is 0 Å². The molecule has 0 aliphatic rings. The minimum atomic E-state index is 0.238. The Labute approximate surface area is 119 Å². The molecule has 0 atom stereocenters. The molecule has 2 aromatic rings. The fourth-order valence-electron chi connectivity index (χ4n) is 1.82. The van der Waals surface area contributed by atoms with Crippen LogP contribution in [0.1, 0.15) is 25.1 Å². The normalized spacial score (nSPS) is 9.47. The van der Waals surface area contributed by atoms with E-state index in [0.717, 1.165) is 22.5 Å². The van der Waals surface area contributed by atoms with Gasteiger partial charge in [0.05, 0.1) is 5.69 Å². The van der Waals surface area contributed by atoms with Crippen LogP contribution < -0.4 is 0 Å². The zero-order chi connectivity index (χ0) is 14.4. The van der Waals surface area contributed by atoms with Gasteiger partial charge in [0.1, 0.15) is 0 Å². The van der Waals surface area contributed by atoms with Gasteiger partial charge >= 0.3 is 0 Å². The van der Waals surface area contributed by atoms with Crippen LogP contribution in [0.3, 0.4) is 0 Å². The molecular weight excluding hydrogens is 258 g/mol. The first-order valence-electron chi connectivity index (χ1n) is 6.10. The summed E-state index contributed by atoms with van der Waals surface area (Å²) < 4.78 is 1.98. The van der Waals surface area contributed by atoms with Crippen LogP contribution in [0.25, 0.3) is 23.4 Å². The lowest BCUT2D eigenvalue weighted by Crippen LogP contribution is -1.88. The van der Waals surface area contributed by atoms with Crippen molar-refractivity contribution in [3.8, 4) is 11.3 Å². The van der Waals surface area contributed by atoms with E-state index in [1.54, 1.807) is 18.3 Å². The van der Waals surface area contributed by atoms with Gasteiger partial charge in [-0.1, -0.05) is 33.1 Å². The monoisotopic (exact) mass is 275 g/mol. The van der Waals surface area contributed by atoms with Gasteiger partial charge in [-0.15, -0.1) is 0 Å². The maximum atomic E-state index is 5.80. The van der Waals surface area contributed by atoms with E-state index in [4.69, 9.17) is 11.6 Å². The number of rotatable bonds is 3. The molecule has 100 valence electrons. The van der Waals surface area contributed by atoms with E-state index in [1.165, 1.54) is 0 Å². The maximum absolute atomic E-state index is 5.80. The number of aromatic nitrogens is 3. The molecular formula is C15H18ClN3. The highest BCUT2D eigenvalue weighted by molar-refractivity contribution is 6.28. The Balaban J connectivity index is 0.000000861. The standard InChI is InChI=1S/C13H12ClN3.C2H6/c1-4-9-10(8-17(3)12(9)5-2)11-6-7-15-13(14)16-11;1-2/h4-8H,1-2H2,3H3;1-2H3. The van der Waals surface area contributed by atoms with Crippen molar-refractivity contribution >= 4 is 23.8 Å². The van der Waals surface area contributed by atoms with Gasteiger partial charge in [-0.3, -0.25) is 0 Å². The average Bonchev–Trinajstić information content (AvgIpc) is 2.77. The Morgan fingerprint density at radius 1 is 1.26 bits per heavy atom. The largest absolute Gasteiger partial charge is 0.350 e. The van der Waals surface area contributed by atoms with Crippen molar-refractivity contribution in [1.29, 1.82) is 0 Å². The molecule has 0 unspecified atom stereocenters. The van der Waals surface area contributed by atoms with Gasteiger partial charge in [-0.05, 0) is 23.7 Å². The summed E-state index contributed by atoms with van der Waals surface area (Å²) in [5, 5.41) is 0.238. The molecule has 0 aliphatic heterocycles. The third-order valence-electron chi connectivity index (χ3n) is 2.57. The first-order valence-corrected chi connectivity index (χ1v) is 6.48. The van der Waals surface area contributed by atoms with Gasteiger partial charge in [0.25, 0.3) is 0 Å². The molecule has 0 bridgehead atoms. The summed E-state index contributed by atoms with van der Waals surface area (Å²) in [6.07, 6.45) is 7.20. The molecule has 3 nitrogen and oxygen atoms in total. The van der Waals surface area contributed by atoms with Crippen LogP contribution >= 0.6 is 11.6 Å². The molecule has 0 N–H and O–H groups in total. The summed E-state index contributed by atoms with van der Waals surface area (Å²) in [5.41, 5.74) is 3.76. The second-order valence-electron chi connectivity index (χ2n) is 3.57. The predicted octanol–water partition coefficient (Wildman–Crippen LogP) is 4.45. The van der Waals surface area contributed by atoms with Crippen molar-refractivity contribution < 1.29 is 0 Å². The quantitative estimate of drug-likeness (QED) is 0.775. The number of halogens is 1. The van der Waals surface area contributed by atoms with Crippen LogP contribution in [0.4, 0.5) is 0 Å². The van der Waals surface area contributed by atoms with Gasteiger partial charge in [0, 0.05) is 36.3 Å². The molecule has 0 saturated heterocycles. The molecule has 0 radical (unpaired) electrons. The smallest absolute Gasteiger partial charge is 0.222 e. The van der Waals surface area contributed by atoms with Crippen LogP contribution in [0.2, 0.25) is 5.28 Å². The van der Waals surface area contributed by atoms with E-state index in [-0.39, 0.29) is 5.28 Å². The number of hydrogen-bond donors (Lipinski definition) is 0. The lowest BCUT2D eigenvalue weighted by molar-refractivity contribution is 0.914. The third kappa shape index (κ3) is 3.12. The Morgan fingerprint density at radius 2 is 1.95 bits per heavy atom. The van der Waals surface area contributed by atoms with Crippen LogP contribution in [0, 0.1) is 0 Å². The SMILES string of the molecule is C=Cc1c(-c2ccnc(Cl)n2)cn(C)c1C=C.CC. The molecule has 19 heavy (non-hydrogen) atoms. The fourth-order valence-corrected chi connectivity index (χ4v) is 1.97. The highest BCUT2D eigenvalue weighted by atomic mass is 35.5. The van der Waals surface area contributed by atoms with Crippen molar-refractivity contribution in [3.05, 3.63) is 48.2 Å². The van der Waals surface area contributed by atoms with Crippen molar-refractivity contribution in [2.45, 2.75) is 13.8 Å². The molecule has 4 heteroatoms. The molecule has 0 aromatic carbocycles. The van der Waals surface area contributed by atoms with E-state index in [9.17, 15) is 0 Å². The predicted molar refractivity (Wildman–Crippen MR) is 83.0 cm³/mol. The summed E-state index contributed by atoms with van der Waals surface area (Å²) in [5.74, 6) is 0. The molecule has 0 aliphatic carbocycles. The van der Waals surface area contributed by atoms with E-state index in [1.807, 2.05) is 37.7 Å². The Hall–Kier alpha value is -1.87. The highest BCUT2D eigenvalue weighted by Crippen LogP contribution is 2.28. The topological polar surface area (TPSA) is 30.7 Å². The minimum absolute atomic E-state index is 0.238. The average molecular weight is 276 g/mol. The van der Waals surface area contributed by atoms with Crippen LogP contribution in [0.15, 0.2) is 31.6 Å². The molecule has 2 heterocycles. The fraction of sp³-hybridized carbons (Fsp3) is 0.200. The summed E-state index contributed by atoms with van der Waals surface area (Å²) in [7, 11) is 1.95. The molecule has 2 aromatic heterocycles. The van der Waals surface area contributed by atoms with Crippen molar-refractivity contribution in [3.63, 3.8) is 0 Å². The van der Waals surface area contributed by atoms with Crippen molar-refractivity contribution in [1.82, 2.24) is 14.5 Å². The van der Waals surface area contributed by atoms with Gasteiger partial charge in [0.2, 0.25) is 5.28 Å². The van der Waals surface area contributed by atoms with Crippen molar-refractivity contribution in [2.75, 3.05) is 0 Å². The summed E-state index contributed by atoms with van der Waals surface area (Å²) >= 11 is 5.80. The summed E-state index contributed by atoms with van der Waals surface area (Å²) in [6, 6.07) is 1.82. The molecule has 0 amide bonds. The second kappa shape index (κ2) is 6.90. The lowest BCUT2D eigenvalue weighted by atomic mass is 10.1. The van der Waals surface area contributed by atoms with Crippen molar-refractivity contribution in [2.24, 2.45) is 7.05 Å². The molecule has 2 rings (SSSR count). The maximum Gasteiger partial charge on any atom is 0.222 e. The second-order valence-corrected chi connectivity index (χ2v) is 3.91. The molecule has 0 spiro atoms. The molecule has 0 saturated carbocycles. The van der Waals surface area contributed by atoms with Crippen LogP contribution in [0.5, 0.6) is 0 Å². The first kappa shape index (κ1) is 15.2. The number of hydrogen-bond acceptors (Lipinski definition) is 2. The van der Waals surface area contributed by atoms with E-state index >= 15 is 0 Å². The number of aryl methyl sites for hydroxylation is 1. The zero-order valence-corrected chi connectivity index (χ0v) is 12.3. The van der Waals surface area contributed by atoms with Crippen LogP contribution in [-0.4, -0.2) is 14.5 Å². The van der Waals surface area contributed by atoms with E-state index in [2.05, 4.69) is 23.1 Å². The summed E-state index contributed by atoms with van der Waals surface area (Å²) in [6.45, 7) is 11.6. The van der Waals surface area contributed by atoms with Gasteiger partial charge in [0.15, 0.2) is 0 Å². The van der Waals surface area contributed by atoms with Crippen LogP contribution in [-0.2, 0) is 7.05 Å². The minimum Gasteiger partial charge on any atom is -0.350 e. The summed E-state index contributed by atoms with van der Waals surface area (Å²) in [4.78, 5) is 8.07. The Kier molecular flexibility index (Phi) is 5.52. The van der Waals surface area contributed by atoms with E-state index < -0.39 is 0 Å². The molecule has 0 fully saturated rings. The van der Waals surface area contributed by atoms with E-state index in [0.29, 0.717) is 0 Å². The third-order valence-corrected chi connectivity index (χ3v) is 2.75. The number of nitrogens with zero attached hydrogens (tertiary/aromatic N) is 3. The Morgan fingerprint density at radius 3 is 2.47 bits per heavy atom. The first-order chi connectivity index (χ1) is 9.17. The Bertz CT molecular complexity index is 585.